The Balaban J connectivity index is 2.48. The van der Waals surface area contributed by atoms with Crippen molar-refractivity contribution in [3.63, 3.8) is 0 Å². The van der Waals surface area contributed by atoms with Gasteiger partial charge < -0.3 is 15.4 Å². The van der Waals surface area contributed by atoms with E-state index in [1.807, 2.05) is 44.2 Å². The number of benzene rings is 1. The minimum absolute atomic E-state index is 0.228. The van der Waals surface area contributed by atoms with Crippen molar-refractivity contribution in [3.05, 3.63) is 30.3 Å². The largest absolute Gasteiger partial charge is 0.382 e. The molecule has 0 aliphatic rings. The van der Waals surface area contributed by atoms with E-state index in [0.29, 0.717) is 6.61 Å². The summed E-state index contributed by atoms with van der Waals surface area (Å²) in [5.74, 6) is 0. The van der Waals surface area contributed by atoms with E-state index in [1.165, 1.54) is 0 Å². The van der Waals surface area contributed by atoms with Gasteiger partial charge in [-0.1, -0.05) is 18.2 Å². The van der Waals surface area contributed by atoms with E-state index in [2.05, 4.69) is 10.6 Å². The van der Waals surface area contributed by atoms with E-state index in [0.717, 1.165) is 5.69 Å². The Morgan fingerprint density at radius 3 is 2.50 bits per heavy atom. The Hall–Kier alpha value is -1.55. The third-order valence-corrected chi connectivity index (χ3v) is 1.99. The van der Waals surface area contributed by atoms with Gasteiger partial charge in [-0.05, 0) is 26.0 Å². The van der Waals surface area contributed by atoms with Crippen molar-refractivity contribution >= 4 is 11.7 Å². The lowest BCUT2D eigenvalue weighted by Crippen LogP contribution is -2.48. The number of anilines is 1. The molecule has 1 aromatic carbocycles. The molecule has 0 aliphatic heterocycles. The second kappa shape index (κ2) is 5.51. The molecule has 0 radical (unpaired) electrons. The number of urea groups is 1. The molecule has 4 heteroatoms. The molecule has 4 nitrogen and oxygen atoms in total. The predicted octanol–water partition coefficient (Wildman–Crippen LogP) is 2.23. The molecule has 0 aromatic heterocycles. The van der Waals surface area contributed by atoms with Gasteiger partial charge in [0.25, 0.3) is 0 Å². The number of nitrogens with one attached hydrogen (secondary N) is 2. The van der Waals surface area contributed by atoms with Crippen molar-refractivity contribution in [1.29, 1.82) is 0 Å². The molecule has 88 valence electrons. The van der Waals surface area contributed by atoms with Crippen molar-refractivity contribution in [2.75, 3.05) is 19.0 Å². The topological polar surface area (TPSA) is 50.4 Å². The maximum absolute atomic E-state index is 11.6. The first-order valence-electron chi connectivity index (χ1n) is 5.17. The molecule has 1 rings (SSSR count). The Morgan fingerprint density at radius 1 is 1.31 bits per heavy atom. The number of ether oxygens (including phenoxy) is 1. The van der Waals surface area contributed by atoms with Crippen molar-refractivity contribution < 1.29 is 9.53 Å². The Kier molecular flexibility index (Phi) is 4.31. The van der Waals surface area contributed by atoms with E-state index < -0.39 is 0 Å². The van der Waals surface area contributed by atoms with E-state index in [1.54, 1.807) is 7.11 Å². The highest BCUT2D eigenvalue weighted by molar-refractivity contribution is 5.89. The first-order valence-corrected chi connectivity index (χ1v) is 5.17. The van der Waals surface area contributed by atoms with E-state index in [4.69, 9.17) is 4.74 Å². The molecule has 0 heterocycles. The van der Waals surface area contributed by atoms with Crippen LogP contribution in [0.1, 0.15) is 13.8 Å². The van der Waals surface area contributed by atoms with Crippen LogP contribution in [0.3, 0.4) is 0 Å². The first kappa shape index (κ1) is 12.5. The molecule has 0 saturated heterocycles. The normalized spacial score (nSPS) is 10.9. The standard InChI is InChI=1S/C12H18N2O2/c1-12(2,9-16-3)14-11(15)13-10-7-5-4-6-8-10/h4-8H,9H2,1-3H3,(H2,13,14,15). The fourth-order valence-electron chi connectivity index (χ4n) is 1.39. The highest BCUT2D eigenvalue weighted by atomic mass is 16.5. The lowest BCUT2D eigenvalue weighted by molar-refractivity contribution is 0.133. The maximum Gasteiger partial charge on any atom is 0.319 e. The van der Waals surface area contributed by atoms with Crippen LogP contribution in [0.4, 0.5) is 10.5 Å². The zero-order chi connectivity index (χ0) is 12.0. The van der Waals surface area contributed by atoms with Crippen molar-refractivity contribution in [1.82, 2.24) is 5.32 Å². The van der Waals surface area contributed by atoms with Crippen LogP contribution in [0.15, 0.2) is 30.3 Å². The number of para-hydroxylation sites is 1. The van der Waals surface area contributed by atoms with Crippen molar-refractivity contribution in [2.45, 2.75) is 19.4 Å². The van der Waals surface area contributed by atoms with Gasteiger partial charge in [-0.15, -0.1) is 0 Å². The third-order valence-electron chi connectivity index (χ3n) is 1.99. The summed E-state index contributed by atoms with van der Waals surface area (Å²) < 4.78 is 5.02. The molecular weight excluding hydrogens is 204 g/mol. The smallest absolute Gasteiger partial charge is 0.319 e. The van der Waals surface area contributed by atoms with Gasteiger partial charge in [0.15, 0.2) is 0 Å². The summed E-state index contributed by atoms with van der Waals surface area (Å²) in [6.45, 7) is 4.28. The fraction of sp³-hybridized carbons (Fsp3) is 0.417. The predicted molar refractivity (Wildman–Crippen MR) is 64.6 cm³/mol. The highest BCUT2D eigenvalue weighted by Crippen LogP contribution is 2.06. The SMILES string of the molecule is COCC(C)(C)NC(=O)Nc1ccccc1. The Bertz CT molecular complexity index is 336. The molecule has 0 bridgehead atoms. The van der Waals surface area contributed by atoms with Crippen molar-refractivity contribution in [3.8, 4) is 0 Å². The number of amides is 2. The lowest BCUT2D eigenvalue weighted by Gasteiger charge is -2.25. The summed E-state index contributed by atoms with van der Waals surface area (Å²) in [7, 11) is 1.61. The van der Waals surface area contributed by atoms with Gasteiger partial charge >= 0.3 is 6.03 Å². The van der Waals surface area contributed by atoms with Gasteiger partial charge in [-0.25, -0.2) is 4.79 Å². The molecule has 0 unspecified atom stereocenters. The van der Waals surface area contributed by atoms with Crippen LogP contribution in [-0.4, -0.2) is 25.3 Å². The van der Waals surface area contributed by atoms with Gasteiger partial charge in [0.05, 0.1) is 12.1 Å². The lowest BCUT2D eigenvalue weighted by atomic mass is 10.1. The van der Waals surface area contributed by atoms with Crippen molar-refractivity contribution in [2.24, 2.45) is 0 Å². The summed E-state index contributed by atoms with van der Waals surface area (Å²) >= 11 is 0. The summed E-state index contributed by atoms with van der Waals surface area (Å²) in [6.07, 6.45) is 0. The van der Waals surface area contributed by atoms with Gasteiger partial charge in [0.1, 0.15) is 0 Å². The number of hydrogen-bond donors (Lipinski definition) is 2. The molecule has 0 aliphatic carbocycles. The minimum Gasteiger partial charge on any atom is -0.382 e. The highest BCUT2D eigenvalue weighted by Gasteiger charge is 2.19. The summed E-state index contributed by atoms with van der Waals surface area (Å²) in [4.78, 5) is 11.6. The second-order valence-corrected chi connectivity index (χ2v) is 4.26. The number of rotatable bonds is 4. The molecule has 1 aromatic rings. The molecule has 0 spiro atoms. The molecule has 0 fully saturated rings. The van der Waals surface area contributed by atoms with E-state index >= 15 is 0 Å². The van der Waals surface area contributed by atoms with Gasteiger partial charge in [0.2, 0.25) is 0 Å². The van der Waals surface area contributed by atoms with Gasteiger partial charge in [0, 0.05) is 12.8 Å². The minimum atomic E-state index is -0.381. The first-order chi connectivity index (χ1) is 7.53. The molecule has 2 N–H and O–H groups in total. The zero-order valence-corrected chi connectivity index (χ0v) is 9.91. The molecule has 0 saturated carbocycles. The second-order valence-electron chi connectivity index (χ2n) is 4.26. The summed E-state index contributed by atoms with van der Waals surface area (Å²) in [6, 6.07) is 9.09. The van der Waals surface area contributed by atoms with Gasteiger partial charge in [-0.2, -0.15) is 0 Å². The van der Waals surface area contributed by atoms with Crippen LogP contribution in [-0.2, 0) is 4.74 Å². The van der Waals surface area contributed by atoms with Crippen LogP contribution in [0.5, 0.6) is 0 Å². The Morgan fingerprint density at radius 2 is 1.94 bits per heavy atom. The zero-order valence-electron chi connectivity index (χ0n) is 9.91. The summed E-state index contributed by atoms with van der Waals surface area (Å²) in [5, 5.41) is 5.58. The number of carbonyl (C=O) groups is 1. The Labute approximate surface area is 96.0 Å². The number of carbonyl (C=O) groups excluding carboxylic acids is 1. The maximum atomic E-state index is 11.6. The molecule has 0 atom stereocenters. The van der Waals surface area contributed by atoms with Crippen LogP contribution in [0.2, 0.25) is 0 Å². The number of hydrogen-bond acceptors (Lipinski definition) is 2. The van der Waals surface area contributed by atoms with Crippen LogP contribution < -0.4 is 10.6 Å². The molecule has 16 heavy (non-hydrogen) atoms. The van der Waals surface area contributed by atoms with Crippen LogP contribution in [0, 0.1) is 0 Å². The number of methoxy groups -OCH3 is 1. The molecular formula is C12H18N2O2. The third kappa shape index (κ3) is 4.31. The monoisotopic (exact) mass is 222 g/mol. The average molecular weight is 222 g/mol. The van der Waals surface area contributed by atoms with Gasteiger partial charge in [-0.3, -0.25) is 0 Å². The van der Waals surface area contributed by atoms with E-state index in [-0.39, 0.29) is 11.6 Å². The average Bonchev–Trinajstić information content (AvgIpc) is 2.17. The van der Waals surface area contributed by atoms with Crippen LogP contribution >= 0.6 is 0 Å². The molecule has 2 amide bonds. The quantitative estimate of drug-likeness (QED) is 0.820. The fourth-order valence-corrected chi connectivity index (χ4v) is 1.39. The van der Waals surface area contributed by atoms with E-state index in [9.17, 15) is 4.79 Å². The summed E-state index contributed by atoms with van der Waals surface area (Å²) in [5.41, 5.74) is 0.390. The van der Waals surface area contributed by atoms with Crippen LogP contribution in [0.25, 0.3) is 0 Å².